The molecule has 3 aromatic carbocycles. The molecule has 0 aromatic heterocycles. The average molecular weight is 548 g/mol. The highest BCUT2D eigenvalue weighted by Crippen LogP contribution is 2.38. The summed E-state index contributed by atoms with van der Waals surface area (Å²) in [6, 6.07) is 21.0. The Morgan fingerprint density at radius 1 is 1.02 bits per heavy atom. The fourth-order valence-electron chi connectivity index (χ4n) is 4.74. The van der Waals surface area contributed by atoms with Crippen molar-refractivity contribution in [3.63, 3.8) is 0 Å². The highest BCUT2D eigenvalue weighted by Gasteiger charge is 2.35. The molecule has 40 heavy (non-hydrogen) atoms. The molecule has 0 N–H and O–H groups in total. The molecule has 6 nitrogen and oxygen atoms in total. The van der Waals surface area contributed by atoms with E-state index in [-0.39, 0.29) is 37.8 Å². The van der Waals surface area contributed by atoms with Crippen LogP contribution in [0.25, 0.3) is 16.7 Å². The van der Waals surface area contributed by atoms with E-state index in [0.29, 0.717) is 17.7 Å². The molecule has 0 unspecified atom stereocenters. The zero-order valence-electron chi connectivity index (χ0n) is 22.2. The van der Waals surface area contributed by atoms with E-state index in [9.17, 15) is 28.0 Å². The van der Waals surface area contributed by atoms with Crippen LogP contribution in [-0.4, -0.2) is 36.6 Å². The molecule has 4 rings (SSSR count). The second-order valence-electron chi connectivity index (χ2n) is 9.29. The van der Waals surface area contributed by atoms with Crippen molar-refractivity contribution in [1.82, 2.24) is 4.90 Å². The third-order valence-electron chi connectivity index (χ3n) is 6.71. The molecular weight excluding hydrogens is 519 g/mol. The monoisotopic (exact) mass is 547 g/mol. The van der Waals surface area contributed by atoms with E-state index in [1.165, 1.54) is 21.9 Å². The van der Waals surface area contributed by atoms with E-state index in [1.807, 2.05) is 36.4 Å². The number of hydrogen-bond donors (Lipinski definition) is 0. The number of carbonyl (C=O) groups is 2. The molecule has 1 heterocycles. The number of nitriles is 1. The lowest BCUT2D eigenvalue weighted by Crippen LogP contribution is -2.48. The van der Waals surface area contributed by atoms with Crippen molar-refractivity contribution in [1.29, 1.82) is 5.26 Å². The summed E-state index contributed by atoms with van der Waals surface area (Å²) in [5.74, 6) is -0.375. The van der Waals surface area contributed by atoms with Crippen molar-refractivity contribution in [2.24, 2.45) is 0 Å². The van der Waals surface area contributed by atoms with Crippen LogP contribution in [0.1, 0.15) is 43.4 Å². The second-order valence-corrected chi connectivity index (χ2v) is 9.29. The molecule has 0 fully saturated rings. The Kier molecular flexibility index (Phi) is 8.58. The van der Waals surface area contributed by atoms with E-state index >= 15 is 0 Å². The molecule has 2 amide bonds. The van der Waals surface area contributed by atoms with Gasteiger partial charge in [-0.1, -0.05) is 42.5 Å². The van der Waals surface area contributed by atoms with E-state index in [2.05, 4.69) is 6.07 Å². The lowest BCUT2D eigenvalue weighted by atomic mass is 9.91. The topological polar surface area (TPSA) is 73.6 Å². The summed E-state index contributed by atoms with van der Waals surface area (Å²) in [6.07, 6.45) is -4.12. The Morgan fingerprint density at radius 3 is 2.38 bits per heavy atom. The minimum atomic E-state index is -4.57. The Morgan fingerprint density at radius 2 is 1.73 bits per heavy atom. The zero-order valence-corrected chi connectivity index (χ0v) is 22.2. The molecule has 0 aliphatic carbocycles. The van der Waals surface area contributed by atoms with Gasteiger partial charge in [0.05, 0.1) is 29.5 Å². The third-order valence-corrected chi connectivity index (χ3v) is 6.71. The molecular formula is C31H28F3N3O3. The molecule has 9 heteroatoms. The summed E-state index contributed by atoms with van der Waals surface area (Å²) in [7, 11) is 0. The van der Waals surface area contributed by atoms with Crippen molar-refractivity contribution in [2.75, 3.05) is 24.6 Å². The van der Waals surface area contributed by atoms with Crippen molar-refractivity contribution >= 4 is 23.3 Å². The van der Waals surface area contributed by atoms with Crippen molar-refractivity contribution in [3.05, 3.63) is 95.2 Å². The van der Waals surface area contributed by atoms with Crippen molar-refractivity contribution in [3.8, 4) is 17.2 Å². The molecule has 3 aromatic rings. The van der Waals surface area contributed by atoms with Crippen LogP contribution in [0.15, 0.2) is 78.5 Å². The van der Waals surface area contributed by atoms with Crippen molar-refractivity contribution < 1.29 is 27.5 Å². The van der Waals surface area contributed by atoms with Crippen LogP contribution in [0.4, 0.5) is 23.7 Å². The first-order valence-electron chi connectivity index (χ1n) is 12.9. The molecule has 0 atom stereocenters. The van der Waals surface area contributed by atoms with Gasteiger partial charge in [-0.2, -0.15) is 18.4 Å². The van der Waals surface area contributed by atoms with Gasteiger partial charge in [0, 0.05) is 25.2 Å². The van der Waals surface area contributed by atoms with Gasteiger partial charge in [-0.05, 0) is 72.9 Å². The first kappa shape index (κ1) is 28.4. The number of hydrogen-bond acceptors (Lipinski definition) is 4. The number of amides is 2. The van der Waals surface area contributed by atoms with E-state index in [4.69, 9.17) is 4.74 Å². The molecule has 0 saturated carbocycles. The average Bonchev–Trinajstić information content (AvgIpc) is 2.94. The lowest BCUT2D eigenvalue weighted by molar-refractivity contribution is -0.143. The fraction of sp³-hybridized carbons (Fsp3) is 0.258. The summed E-state index contributed by atoms with van der Waals surface area (Å²) < 4.78 is 45.7. The summed E-state index contributed by atoms with van der Waals surface area (Å²) >= 11 is 0. The standard InChI is InChI=1S/C31H28F3N3O3/c1-3-40-29(38)12-7-17-36-20-28(27-11-5-4-10-26(27)23-15-13-22(19-35)14-16-23)21(2)37(30(36)39)25-9-6-8-24(18-25)31(32,33)34/h4-6,8-11,13-16,18H,3,7,12,17,20H2,1-2H3. The van der Waals surface area contributed by atoms with Crippen LogP contribution in [-0.2, 0) is 15.7 Å². The minimum Gasteiger partial charge on any atom is -0.466 e. The number of rotatable bonds is 8. The maximum absolute atomic E-state index is 13.7. The number of ether oxygens (including phenoxy) is 1. The molecule has 206 valence electrons. The molecule has 1 aliphatic rings. The summed E-state index contributed by atoms with van der Waals surface area (Å²) in [6.45, 7) is 4.10. The smallest absolute Gasteiger partial charge is 0.416 e. The van der Waals surface area contributed by atoms with Gasteiger partial charge in [0.15, 0.2) is 0 Å². The summed E-state index contributed by atoms with van der Waals surface area (Å²) in [5.41, 5.74) is 3.54. The van der Waals surface area contributed by atoms with Gasteiger partial charge in [0.2, 0.25) is 0 Å². The number of anilines is 1. The molecule has 0 radical (unpaired) electrons. The van der Waals surface area contributed by atoms with Gasteiger partial charge in [0.25, 0.3) is 0 Å². The maximum Gasteiger partial charge on any atom is 0.416 e. The number of nitrogens with zero attached hydrogens (tertiary/aromatic N) is 3. The minimum absolute atomic E-state index is 0.0979. The number of benzene rings is 3. The van der Waals surface area contributed by atoms with Crippen LogP contribution in [0, 0.1) is 11.3 Å². The van der Waals surface area contributed by atoms with Gasteiger partial charge < -0.3 is 9.64 Å². The van der Waals surface area contributed by atoms with Crippen LogP contribution in [0.2, 0.25) is 0 Å². The van der Waals surface area contributed by atoms with E-state index < -0.39 is 17.8 Å². The number of carbonyl (C=O) groups excluding carboxylic acids is 2. The summed E-state index contributed by atoms with van der Waals surface area (Å²) in [4.78, 5) is 28.4. The van der Waals surface area contributed by atoms with Gasteiger partial charge in [-0.15, -0.1) is 0 Å². The molecule has 0 bridgehead atoms. The SMILES string of the molecule is CCOC(=O)CCCN1CC(c2ccccc2-c2ccc(C#N)cc2)=C(C)N(c2cccc(C(F)(F)F)c2)C1=O. The molecule has 0 spiro atoms. The number of esters is 1. The van der Waals surface area contributed by atoms with Crippen LogP contribution in [0.3, 0.4) is 0 Å². The van der Waals surface area contributed by atoms with Crippen LogP contribution < -0.4 is 4.90 Å². The predicted molar refractivity (Wildman–Crippen MR) is 146 cm³/mol. The number of urea groups is 1. The lowest BCUT2D eigenvalue weighted by Gasteiger charge is -2.38. The third kappa shape index (κ3) is 6.18. The number of allylic oxidation sites excluding steroid dienone is 1. The first-order chi connectivity index (χ1) is 19.1. The predicted octanol–water partition coefficient (Wildman–Crippen LogP) is 7.26. The highest BCUT2D eigenvalue weighted by molar-refractivity contribution is 6.02. The Bertz CT molecular complexity index is 1470. The highest BCUT2D eigenvalue weighted by atomic mass is 19.4. The number of alkyl halides is 3. The van der Waals surface area contributed by atoms with Gasteiger partial charge in [0.1, 0.15) is 0 Å². The van der Waals surface area contributed by atoms with Gasteiger partial charge >= 0.3 is 18.2 Å². The Balaban J connectivity index is 1.80. The quantitative estimate of drug-likeness (QED) is 0.278. The normalized spacial score (nSPS) is 13.8. The molecule has 0 saturated heterocycles. The maximum atomic E-state index is 13.7. The first-order valence-corrected chi connectivity index (χ1v) is 12.9. The second kappa shape index (κ2) is 12.1. The van der Waals surface area contributed by atoms with Crippen LogP contribution >= 0.6 is 0 Å². The summed E-state index contributed by atoms with van der Waals surface area (Å²) in [5, 5.41) is 9.19. The zero-order chi connectivity index (χ0) is 28.9. The Labute approximate surface area is 230 Å². The van der Waals surface area contributed by atoms with E-state index in [0.717, 1.165) is 34.4 Å². The largest absolute Gasteiger partial charge is 0.466 e. The fourth-order valence-corrected chi connectivity index (χ4v) is 4.74. The Hall–Kier alpha value is -4.58. The van der Waals surface area contributed by atoms with Gasteiger partial charge in [-0.3, -0.25) is 9.69 Å². The molecule has 1 aliphatic heterocycles. The van der Waals surface area contributed by atoms with Gasteiger partial charge in [-0.25, -0.2) is 4.79 Å². The van der Waals surface area contributed by atoms with Crippen molar-refractivity contribution in [2.45, 2.75) is 32.9 Å². The van der Waals surface area contributed by atoms with E-state index in [1.54, 1.807) is 26.0 Å². The number of halogens is 3. The van der Waals surface area contributed by atoms with Crippen LogP contribution in [0.5, 0.6) is 0 Å².